The van der Waals surface area contributed by atoms with Crippen LogP contribution in [-0.4, -0.2) is 23.1 Å². The Morgan fingerprint density at radius 3 is 2.50 bits per heavy atom. The predicted octanol–water partition coefficient (Wildman–Crippen LogP) is 4.16. The zero-order valence-corrected chi connectivity index (χ0v) is 13.9. The highest BCUT2D eigenvalue weighted by Gasteiger charge is 2.16. The molecule has 1 aliphatic rings. The van der Waals surface area contributed by atoms with Crippen molar-refractivity contribution >= 4 is 5.69 Å². The highest BCUT2D eigenvalue weighted by atomic mass is 15.3. The van der Waals surface area contributed by atoms with Gasteiger partial charge >= 0.3 is 0 Å². The quantitative estimate of drug-likeness (QED) is 0.772. The molecule has 0 spiro atoms. The topological polar surface area (TPSA) is 19.4 Å². The Labute approximate surface area is 144 Å². The van der Waals surface area contributed by atoms with E-state index in [1.165, 1.54) is 5.69 Å². The number of hydrogen-bond donors (Lipinski definition) is 0. The van der Waals surface area contributed by atoms with Gasteiger partial charge in [-0.15, -0.1) is 0 Å². The second-order valence-corrected chi connectivity index (χ2v) is 5.86. The lowest BCUT2D eigenvalue weighted by molar-refractivity contribution is 0.282. The number of anilines is 1. The SMILES string of the molecule is C=C/C=C\C=C/CN1Cc2cccc(n2)CN(c2ccccc2)C1. The smallest absolute Gasteiger partial charge is 0.0717 e. The highest BCUT2D eigenvalue weighted by molar-refractivity contribution is 5.46. The second-order valence-electron chi connectivity index (χ2n) is 5.86. The Hall–Kier alpha value is -2.65. The minimum absolute atomic E-state index is 0.828. The summed E-state index contributed by atoms with van der Waals surface area (Å²) in [7, 11) is 0. The first-order chi connectivity index (χ1) is 11.8. The van der Waals surface area contributed by atoms with Crippen LogP contribution in [0.15, 0.2) is 85.5 Å². The van der Waals surface area contributed by atoms with Gasteiger partial charge in [0.1, 0.15) is 0 Å². The Morgan fingerprint density at radius 2 is 1.71 bits per heavy atom. The number of nitrogens with zero attached hydrogens (tertiary/aromatic N) is 3. The number of aromatic nitrogens is 1. The van der Waals surface area contributed by atoms with E-state index in [0.717, 1.165) is 37.7 Å². The number of fused-ring (bicyclic) bond motifs is 2. The van der Waals surface area contributed by atoms with Crippen molar-refractivity contribution in [3.8, 4) is 0 Å². The van der Waals surface area contributed by atoms with Gasteiger partial charge < -0.3 is 4.90 Å². The molecule has 0 N–H and O–H groups in total. The maximum atomic E-state index is 4.78. The molecule has 2 bridgehead atoms. The summed E-state index contributed by atoms with van der Waals surface area (Å²) >= 11 is 0. The molecule has 0 saturated carbocycles. The van der Waals surface area contributed by atoms with Crippen LogP contribution >= 0.6 is 0 Å². The molecule has 3 nitrogen and oxygen atoms in total. The summed E-state index contributed by atoms with van der Waals surface area (Å²) in [5.41, 5.74) is 3.49. The number of allylic oxidation sites excluding steroid dienone is 4. The van der Waals surface area contributed by atoms with Crippen LogP contribution in [0.4, 0.5) is 5.69 Å². The summed E-state index contributed by atoms with van der Waals surface area (Å²) in [6, 6.07) is 16.9. The largest absolute Gasteiger partial charge is 0.353 e. The second kappa shape index (κ2) is 8.27. The fourth-order valence-electron chi connectivity index (χ4n) is 2.84. The van der Waals surface area contributed by atoms with Crippen LogP contribution in [0.1, 0.15) is 11.4 Å². The van der Waals surface area contributed by atoms with Gasteiger partial charge in [-0.1, -0.05) is 61.2 Å². The summed E-state index contributed by atoms with van der Waals surface area (Å²) in [6.45, 7) is 7.13. The third kappa shape index (κ3) is 4.43. The van der Waals surface area contributed by atoms with Gasteiger partial charge in [-0.25, -0.2) is 0 Å². The normalized spacial score (nSPS) is 15.6. The standard InChI is InChI=1S/C21H23N3/c1-2-3-4-5-9-15-23-16-19-11-10-12-20(22-19)17-24(18-23)21-13-7-6-8-14-21/h2-14H,1,15-18H2/b4-3-,9-5-. The van der Waals surface area contributed by atoms with Gasteiger partial charge in [-0.05, 0) is 24.3 Å². The zero-order valence-electron chi connectivity index (χ0n) is 13.9. The Bertz CT molecular complexity index is 719. The first-order valence-corrected chi connectivity index (χ1v) is 8.26. The lowest BCUT2D eigenvalue weighted by Gasteiger charge is -2.33. The Morgan fingerprint density at radius 1 is 0.917 bits per heavy atom. The van der Waals surface area contributed by atoms with E-state index in [9.17, 15) is 0 Å². The van der Waals surface area contributed by atoms with Crippen molar-refractivity contribution in [1.82, 2.24) is 9.88 Å². The molecule has 1 aliphatic heterocycles. The van der Waals surface area contributed by atoms with E-state index in [0.29, 0.717) is 0 Å². The number of hydrogen-bond acceptors (Lipinski definition) is 3. The molecule has 2 aromatic rings. The number of para-hydroxylation sites is 1. The summed E-state index contributed by atoms with van der Waals surface area (Å²) in [5, 5.41) is 0. The average Bonchev–Trinajstić information content (AvgIpc) is 2.61. The Kier molecular flexibility index (Phi) is 5.59. The van der Waals surface area contributed by atoms with Gasteiger partial charge in [0.15, 0.2) is 0 Å². The fraction of sp³-hybridized carbons (Fsp3) is 0.190. The van der Waals surface area contributed by atoms with E-state index in [1.807, 2.05) is 12.2 Å². The van der Waals surface area contributed by atoms with E-state index >= 15 is 0 Å². The van der Waals surface area contributed by atoms with E-state index in [-0.39, 0.29) is 0 Å². The van der Waals surface area contributed by atoms with Crippen molar-refractivity contribution in [2.45, 2.75) is 13.1 Å². The first kappa shape index (κ1) is 16.2. The van der Waals surface area contributed by atoms with E-state index in [1.54, 1.807) is 6.08 Å². The fourth-order valence-corrected chi connectivity index (χ4v) is 2.84. The van der Waals surface area contributed by atoms with E-state index < -0.39 is 0 Å². The van der Waals surface area contributed by atoms with Gasteiger partial charge in [0.05, 0.1) is 24.6 Å². The van der Waals surface area contributed by atoms with Crippen molar-refractivity contribution in [2.24, 2.45) is 0 Å². The van der Waals surface area contributed by atoms with E-state index in [2.05, 4.69) is 77.1 Å². The predicted molar refractivity (Wildman–Crippen MR) is 101 cm³/mol. The molecule has 2 heterocycles. The molecule has 0 fully saturated rings. The minimum atomic E-state index is 0.828. The van der Waals surface area contributed by atoms with Crippen molar-refractivity contribution in [1.29, 1.82) is 0 Å². The lowest BCUT2D eigenvalue weighted by Crippen LogP contribution is -2.39. The maximum absolute atomic E-state index is 4.78. The number of pyridine rings is 1. The van der Waals surface area contributed by atoms with Crippen LogP contribution in [-0.2, 0) is 13.1 Å². The van der Waals surface area contributed by atoms with Crippen LogP contribution in [0.2, 0.25) is 0 Å². The molecule has 0 radical (unpaired) electrons. The number of benzene rings is 1. The van der Waals surface area contributed by atoms with Gasteiger partial charge in [0.2, 0.25) is 0 Å². The third-order valence-electron chi connectivity index (χ3n) is 3.95. The highest BCUT2D eigenvalue weighted by Crippen LogP contribution is 2.19. The monoisotopic (exact) mass is 317 g/mol. The molecule has 0 unspecified atom stereocenters. The van der Waals surface area contributed by atoms with E-state index in [4.69, 9.17) is 4.98 Å². The minimum Gasteiger partial charge on any atom is -0.353 e. The van der Waals surface area contributed by atoms with Gasteiger partial charge in [0, 0.05) is 18.8 Å². The molecule has 0 saturated heterocycles. The average molecular weight is 317 g/mol. The van der Waals surface area contributed by atoms with Crippen LogP contribution in [0, 0.1) is 0 Å². The van der Waals surface area contributed by atoms with Gasteiger partial charge in [-0.2, -0.15) is 0 Å². The third-order valence-corrected chi connectivity index (χ3v) is 3.95. The summed E-state index contributed by atoms with van der Waals surface area (Å²) in [6.07, 6.45) is 9.97. The molecule has 1 aromatic carbocycles. The molecule has 1 aromatic heterocycles. The van der Waals surface area contributed by atoms with Crippen molar-refractivity contribution < 1.29 is 0 Å². The molecular weight excluding hydrogens is 294 g/mol. The molecule has 3 rings (SSSR count). The molecule has 0 amide bonds. The molecule has 122 valence electrons. The van der Waals surface area contributed by atoms with Crippen LogP contribution in [0.5, 0.6) is 0 Å². The summed E-state index contributed by atoms with van der Waals surface area (Å²) in [4.78, 5) is 9.55. The molecular formula is C21H23N3. The maximum Gasteiger partial charge on any atom is 0.0717 e. The number of rotatable bonds is 5. The molecule has 0 aliphatic carbocycles. The van der Waals surface area contributed by atoms with Crippen LogP contribution in [0.25, 0.3) is 0 Å². The molecule has 24 heavy (non-hydrogen) atoms. The summed E-state index contributed by atoms with van der Waals surface area (Å²) in [5.74, 6) is 0. The first-order valence-electron chi connectivity index (χ1n) is 8.26. The summed E-state index contributed by atoms with van der Waals surface area (Å²) < 4.78 is 0. The van der Waals surface area contributed by atoms with Crippen LogP contribution in [0.3, 0.4) is 0 Å². The lowest BCUT2D eigenvalue weighted by atomic mass is 10.2. The zero-order chi connectivity index (χ0) is 16.6. The van der Waals surface area contributed by atoms with Gasteiger partial charge in [-0.3, -0.25) is 9.88 Å². The van der Waals surface area contributed by atoms with Crippen molar-refractivity contribution in [3.63, 3.8) is 0 Å². The van der Waals surface area contributed by atoms with Crippen molar-refractivity contribution in [3.05, 3.63) is 96.9 Å². The molecule has 3 heteroatoms. The van der Waals surface area contributed by atoms with Gasteiger partial charge in [0.25, 0.3) is 0 Å². The van der Waals surface area contributed by atoms with Crippen molar-refractivity contribution in [2.75, 3.05) is 18.1 Å². The van der Waals surface area contributed by atoms with Crippen LogP contribution < -0.4 is 4.90 Å². The Balaban J connectivity index is 1.79. The molecule has 0 atom stereocenters.